The third kappa shape index (κ3) is 3.00. The minimum Gasteiger partial charge on any atom is -0.460 e. The zero-order valence-electron chi connectivity index (χ0n) is 16.1. The molecule has 6 nitrogen and oxygen atoms in total. The second-order valence-electron chi connectivity index (χ2n) is 6.81. The summed E-state index contributed by atoms with van der Waals surface area (Å²) < 4.78 is 27.6. The molecule has 0 atom stereocenters. The maximum absolute atomic E-state index is 14.0. The van der Waals surface area contributed by atoms with Gasteiger partial charge in [0, 0.05) is 17.9 Å². The van der Waals surface area contributed by atoms with E-state index in [1.54, 1.807) is 18.2 Å². The zero-order valence-corrected chi connectivity index (χ0v) is 16.9. The number of thioether (sulfide) groups is 1. The van der Waals surface area contributed by atoms with Crippen LogP contribution in [0.15, 0.2) is 50.3 Å². The van der Waals surface area contributed by atoms with Crippen molar-refractivity contribution in [3.8, 4) is 11.5 Å². The number of aryl methyl sites for hydroxylation is 3. The number of nitrogens with zero attached hydrogens (tertiary/aromatic N) is 4. The van der Waals surface area contributed by atoms with E-state index < -0.39 is 0 Å². The van der Waals surface area contributed by atoms with E-state index >= 15 is 0 Å². The van der Waals surface area contributed by atoms with Gasteiger partial charge >= 0.3 is 0 Å². The van der Waals surface area contributed by atoms with Gasteiger partial charge in [0.05, 0.1) is 22.3 Å². The molecule has 146 valence electrons. The number of fused-ring (bicyclic) bond motifs is 3. The summed E-state index contributed by atoms with van der Waals surface area (Å²) in [5, 5.41) is 9.43. The van der Waals surface area contributed by atoms with Gasteiger partial charge in [0.25, 0.3) is 0 Å². The van der Waals surface area contributed by atoms with E-state index in [2.05, 4.69) is 15.2 Å². The number of hydrogen-bond acceptors (Lipinski definition) is 6. The number of benzene rings is 1. The van der Waals surface area contributed by atoms with Crippen molar-refractivity contribution in [3.63, 3.8) is 0 Å². The van der Waals surface area contributed by atoms with Gasteiger partial charge in [-0.15, -0.1) is 10.2 Å². The number of rotatable bonds is 4. The fourth-order valence-corrected chi connectivity index (χ4v) is 4.32. The summed E-state index contributed by atoms with van der Waals surface area (Å²) in [6, 6.07) is 10.4. The predicted molar refractivity (Wildman–Crippen MR) is 108 cm³/mol. The van der Waals surface area contributed by atoms with Gasteiger partial charge in [0.15, 0.2) is 5.58 Å². The normalized spacial score (nSPS) is 11.7. The van der Waals surface area contributed by atoms with Crippen molar-refractivity contribution in [2.45, 2.75) is 31.6 Å². The van der Waals surface area contributed by atoms with Crippen LogP contribution in [-0.4, -0.2) is 19.6 Å². The fourth-order valence-electron chi connectivity index (χ4n) is 3.39. The minimum absolute atomic E-state index is 0.284. The van der Waals surface area contributed by atoms with E-state index in [-0.39, 0.29) is 11.7 Å². The molecule has 0 radical (unpaired) electrons. The van der Waals surface area contributed by atoms with Gasteiger partial charge in [-0.3, -0.25) is 4.40 Å². The number of halogens is 1. The lowest BCUT2D eigenvalue weighted by molar-refractivity contribution is 0.533. The van der Waals surface area contributed by atoms with Crippen LogP contribution in [0.3, 0.4) is 0 Å². The standard InChI is InChI=1S/C21H17FN4O2S/c1-11-8-17-19(27-11)9-18-21(25-24-13(3)26(17)18)29-10-16-12(2)28-20(23-16)14-6-4-5-7-15(14)22/h4-9H,10H2,1-3H3. The summed E-state index contributed by atoms with van der Waals surface area (Å²) in [4.78, 5) is 4.50. The molecule has 29 heavy (non-hydrogen) atoms. The molecule has 4 heterocycles. The third-order valence-corrected chi connectivity index (χ3v) is 5.77. The molecule has 5 rings (SSSR count). The quantitative estimate of drug-likeness (QED) is 0.366. The van der Waals surface area contributed by atoms with E-state index in [0.717, 1.165) is 38.9 Å². The molecule has 0 unspecified atom stereocenters. The predicted octanol–water partition coefficient (Wildman–Crippen LogP) is 5.49. The molecule has 0 saturated carbocycles. The summed E-state index contributed by atoms with van der Waals surface area (Å²) in [5.41, 5.74) is 3.83. The highest BCUT2D eigenvalue weighted by atomic mass is 32.2. The number of furan rings is 1. The van der Waals surface area contributed by atoms with E-state index in [1.807, 2.05) is 37.3 Å². The lowest BCUT2D eigenvalue weighted by atomic mass is 10.2. The molecule has 0 aliphatic carbocycles. The Morgan fingerprint density at radius 1 is 1.03 bits per heavy atom. The molecule has 0 bridgehead atoms. The fraction of sp³-hybridized carbons (Fsp3) is 0.190. The summed E-state index contributed by atoms with van der Waals surface area (Å²) in [5.74, 6) is 2.76. The molecule has 0 fully saturated rings. The molecule has 1 aromatic carbocycles. The van der Waals surface area contributed by atoms with Crippen LogP contribution in [0.1, 0.15) is 23.0 Å². The number of oxazole rings is 1. The molecule has 0 aliphatic heterocycles. The van der Waals surface area contributed by atoms with Crippen molar-refractivity contribution in [1.29, 1.82) is 0 Å². The van der Waals surface area contributed by atoms with Crippen LogP contribution in [0, 0.1) is 26.6 Å². The Bertz CT molecular complexity index is 1370. The van der Waals surface area contributed by atoms with Crippen LogP contribution >= 0.6 is 11.8 Å². The van der Waals surface area contributed by atoms with Crippen LogP contribution in [0.4, 0.5) is 4.39 Å². The number of hydrogen-bond donors (Lipinski definition) is 0. The van der Waals surface area contributed by atoms with E-state index in [1.165, 1.54) is 17.8 Å². The van der Waals surface area contributed by atoms with E-state index in [0.29, 0.717) is 17.1 Å². The van der Waals surface area contributed by atoms with Gasteiger partial charge in [0.1, 0.15) is 28.2 Å². The van der Waals surface area contributed by atoms with E-state index in [9.17, 15) is 4.39 Å². The van der Waals surface area contributed by atoms with Gasteiger partial charge in [-0.05, 0) is 32.9 Å². The molecule has 4 aromatic heterocycles. The zero-order chi connectivity index (χ0) is 20.1. The summed E-state index contributed by atoms with van der Waals surface area (Å²) >= 11 is 1.51. The molecule has 5 aromatic rings. The molecular weight excluding hydrogens is 391 g/mol. The average Bonchev–Trinajstić information content (AvgIpc) is 3.34. The van der Waals surface area contributed by atoms with Crippen molar-refractivity contribution in [2.24, 2.45) is 0 Å². The minimum atomic E-state index is -0.356. The van der Waals surface area contributed by atoms with Crippen molar-refractivity contribution in [2.75, 3.05) is 0 Å². The van der Waals surface area contributed by atoms with Gasteiger partial charge in [-0.2, -0.15) is 0 Å². The Hall–Kier alpha value is -3.13. The highest BCUT2D eigenvalue weighted by molar-refractivity contribution is 7.98. The summed E-state index contributed by atoms with van der Waals surface area (Å²) in [6.45, 7) is 5.67. The maximum atomic E-state index is 14.0. The number of aromatic nitrogens is 4. The Labute approximate surface area is 169 Å². The maximum Gasteiger partial charge on any atom is 0.229 e. The summed E-state index contributed by atoms with van der Waals surface area (Å²) in [7, 11) is 0. The van der Waals surface area contributed by atoms with Gasteiger partial charge < -0.3 is 8.83 Å². The van der Waals surface area contributed by atoms with Crippen molar-refractivity contribution >= 4 is 28.4 Å². The first-order chi connectivity index (χ1) is 14.0. The molecular formula is C21H17FN4O2S. The van der Waals surface area contributed by atoms with Crippen molar-refractivity contribution < 1.29 is 13.2 Å². The first-order valence-electron chi connectivity index (χ1n) is 9.10. The SMILES string of the molecule is Cc1cc2c(cc3c(SCc4nc(-c5ccccc5F)oc4C)nnc(C)n32)o1. The van der Waals surface area contributed by atoms with Crippen LogP contribution < -0.4 is 0 Å². The third-order valence-electron chi connectivity index (χ3n) is 4.78. The Kier molecular flexibility index (Phi) is 4.16. The van der Waals surface area contributed by atoms with Crippen LogP contribution in [0.2, 0.25) is 0 Å². The monoisotopic (exact) mass is 408 g/mol. The Morgan fingerprint density at radius 3 is 2.69 bits per heavy atom. The van der Waals surface area contributed by atoms with Gasteiger partial charge in [-0.1, -0.05) is 23.9 Å². The molecule has 0 N–H and O–H groups in total. The molecule has 0 amide bonds. The van der Waals surface area contributed by atoms with Crippen LogP contribution in [-0.2, 0) is 5.75 Å². The van der Waals surface area contributed by atoms with Crippen molar-refractivity contribution in [1.82, 2.24) is 19.6 Å². The highest BCUT2D eigenvalue weighted by Gasteiger charge is 2.18. The second kappa shape index (κ2) is 6.73. The first kappa shape index (κ1) is 17.9. The Balaban J connectivity index is 1.48. The lowest BCUT2D eigenvalue weighted by Crippen LogP contribution is -2.00. The van der Waals surface area contributed by atoms with Crippen LogP contribution in [0.5, 0.6) is 0 Å². The van der Waals surface area contributed by atoms with Crippen LogP contribution in [0.25, 0.3) is 28.1 Å². The highest BCUT2D eigenvalue weighted by Crippen LogP contribution is 2.32. The molecule has 0 aliphatic rings. The summed E-state index contributed by atoms with van der Waals surface area (Å²) in [6.07, 6.45) is 0. The van der Waals surface area contributed by atoms with Crippen molar-refractivity contribution in [3.05, 3.63) is 65.3 Å². The average molecular weight is 408 g/mol. The Morgan fingerprint density at radius 2 is 1.86 bits per heavy atom. The first-order valence-corrected chi connectivity index (χ1v) is 10.1. The lowest BCUT2D eigenvalue weighted by Gasteiger charge is -2.04. The largest absolute Gasteiger partial charge is 0.460 e. The second-order valence-corrected chi connectivity index (χ2v) is 7.78. The smallest absolute Gasteiger partial charge is 0.229 e. The molecule has 0 spiro atoms. The molecule has 8 heteroatoms. The van der Waals surface area contributed by atoms with Gasteiger partial charge in [-0.25, -0.2) is 9.37 Å². The topological polar surface area (TPSA) is 69.4 Å². The van der Waals surface area contributed by atoms with Gasteiger partial charge in [0.2, 0.25) is 5.89 Å². The molecule has 0 saturated heterocycles. The van der Waals surface area contributed by atoms with E-state index in [4.69, 9.17) is 8.83 Å².